The second-order valence-electron chi connectivity index (χ2n) is 5.13. The third kappa shape index (κ3) is 3.88. The van der Waals surface area contributed by atoms with Gasteiger partial charge >= 0.3 is 6.18 Å². The number of hydrogen-bond donors (Lipinski definition) is 0. The number of alkyl halides is 3. The Bertz CT molecular complexity index is 848. The number of carbonyl (C=O) groups is 1. The lowest BCUT2D eigenvalue weighted by Gasteiger charge is -2.23. The van der Waals surface area contributed by atoms with Crippen molar-refractivity contribution in [3.63, 3.8) is 0 Å². The summed E-state index contributed by atoms with van der Waals surface area (Å²) in [4.78, 5) is 21.4. The molecule has 3 aromatic rings. The van der Waals surface area contributed by atoms with Gasteiger partial charge in [-0.3, -0.25) is 9.78 Å². The number of thiazole rings is 1. The van der Waals surface area contributed by atoms with Crippen LogP contribution in [0.1, 0.15) is 16.1 Å². The maximum absolute atomic E-state index is 12.9. The number of hydrogen-bond acceptors (Lipinski definition) is 4. The molecular weight excluding hydrogens is 339 g/mol. The Hall–Kier alpha value is -2.48. The van der Waals surface area contributed by atoms with Gasteiger partial charge in [0, 0.05) is 11.8 Å². The number of fused-ring (bicyclic) bond motifs is 1. The number of carbonyl (C=O) groups excluding carboxylic acids is 1. The summed E-state index contributed by atoms with van der Waals surface area (Å²) in [6.07, 6.45) is -3.01. The number of aromatic nitrogens is 2. The molecule has 0 spiro atoms. The van der Waals surface area contributed by atoms with Gasteiger partial charge in [0.05, 0.1) is 28.0 Å². The second-order valence-corrected chi connectivity index (χ2v) is 6.02. The molecular formula is C16H12F3N3OS. The summed E-state index contributed by atoms with van der Waals surface area (Å²) in [5, 5.41) is 0. The molecule has 0 saturated heterocycles. The van der Waals surface area contributed by atoms with Crippen LogP contribution in [-0.4, -0.2) is 33.5 Å². The van der Waals surface area contributed by atoms with E-state index in [0.717, 1.165) is 9.60 Å². The largest absolute Gasteiger partial charge is 0.406 e. The van der Waals surface area contributed by atoms with Crippen LogP contribution in [0.25, 0.3) is 10.2 Å². The van der Waals surface area contributed by atoms with E-state index in [-0.39, 0.29) is 12.1 Å². The van der Waals surface area contributed by atoms with E-state index in [1.54, 1.807) is 35.8 Å². The predicted octanol–water partition coefficient (Wildman–Crippen LogP) is 3.90. The van der Waals surface area contributed by atoms with E-state index in [2.05, 4.69) is 9.97 Å². The maximum Gasteiger partial charge on any atom is 0.406 e. The van der Waals surface area contributed by atoms with E-state index in [0.29, 0.717) is 11.2 Å². The lowest BCUT2D eigenvalue weighted by atomic mass is 10.1. The predicted molar refractivity (Wildman–Crippen MR) is 84.7 cm³/mol. The van der Waals surface area contributed by atoms with Crippen molar-refractivity contribution in [3.05, 3.63) is 59.4 Å². The summed E-state index contributed by atoms with van der Waals surface area (Å²) in [7, 11) is 0. The number of benzene rings is 1. The van der Waals surface area contributed by atoms with Gasteiger partial charge in [-0.15, -0.1) is 11.3 Å². The van der Waals surface area contributed by atoms with E-state index in [9.17, 15) is 18.0 Å². The fourth-order valence-corrected chi connectivity index (χ4v) is 2.99. The third-order valence-electron chi connectivity index (χ3n) is 3.31. The van der Waals surface area contributed by atoms with Gasteiger partial charge in [0.25, 0.3) is 5.91 Å². The SMILES string of the molecule is O=C(c1ccc2ncsc2c1)N(Cc1ccccn1)CC(F)(F)F. The van der Waals surface area contributed by atoms with Crippen molar-refractivity contribution >= 4 is 27.5 Å². The van der Waals surface area contributed by atoms with Crippen LogP contribution >= 0.6 is 11.3 Å². The summed E-state index contributed by atoms with van der Waals surface area (Å²) in [6, 6.07) is 9.61. The summed E-state index contributed by atoms with van der Waals surface area (Å²) in [6.45, 7) is -1.54. The van der Waals surface area contributed by atoms with Gasteiger partial charge in [0.1, 0.15) is 6.54 Å². The fourth-order valence-electron chi connectivity index (χ4n) is 2.27. The van der Waals surface area contributed by atoms with E-state index < -0.39 is 18.6 Å². The fraction of sp³-hybridized carbons (Fsp3) is 0.188. The van der Waals surface area contributed by atoms with Crippen molar-refractivity contribution in [3.8, 4) is 0 Å². The van der Waals surface area contributed by atoms with Crippen molar-refractivity contribution in [1.82, 2.24) is 14.9 Å². The zero-order valence-corrected chi connectivity index (χ0v) is 13.1. The standard InChI is InChI=1S/C16H12F3N3OS/c17-16(18,19)9-22(8-12-3-1-2-6-20-12)15(23)11-4-5-13-14(7-11)24-10-21-13/h1-7,10H,8-9H2. The van der Waals surface area contributed by atoms with Gasteiger partial charge in [-0.2, -0.15) is 13.2 Å². The first kappa shape index (κ1) is 16.4. The van der Waals surface area contributed by atoms with Crippen LogP contribution in [0.4, 0.5) is 13.2 Å². The minimum Gasteiger partial charge on any atom is -0.324 e. The van der Waals surface area contributed by atoms with Crippen LogP contribution in [0.2, 0.25) is 0 Å². The minimum absolute atomic E-state index is 0.201. The van der Waals surface area contributed by atoms with E-state index in [4.69, 9.17) is 0 Å². The molecule has 0 fully saturated rings. The van der Waals surface area contributed by atoms with E-state index in [1.807, 2.05) is 0 Å². The highest BCUT2D eigenvalue weighted by Crippen LogP contribution is 2.23. The topological polar surface area (TPSA) is 46.1 Å². The average Bonchev–Trinajstić information content (AvgIpc) is 3.01. The normalized spacial score (nSPS) is 11.6. The molecule has 0 aliphatic heterocycles. The molecule has 0 unspecified atom stereocenters. The first-order valence-electron chi connectivity index (χ1n) is 7.01. The maximum atomic E-state index is 12.9. The smallest absolute Gasteiger partial charge is 0.324 e. The molecule has 0 N–H and O–H groups in total. The number of nitrogens with zero attached hydrogens (tertiary/aromatic N) is 3. The Morgan fingerprint density at radius 3 is 2.71 bits per heavy atom. The molecule has 2 heterocycles. The first-order chi connectivity index (χ1) is 11.4. The van der Waals surface area contributed by atoms with Crippen LogP contribution in [0.5, 0.6) is 0 Å². The zero-order chi connectivity index (χ0) is 17.2. The molecule has 0 radical (unpaired) electrons. The Morgan fingerprint density at radius 1 is 1.17 bits per heavy atom. The second kappa shape index (κ2) is 6.56. The van der Waals surface area contributed by atoms with Crippen molar-refractivity contribution in [2.75, 3.05) is 6.54 Å². The van der Waals surface area contributed by atoms with Gasteiger partial charge in [-0.05, 0) is 30.3 Å². The van der Waals surface area contributed by atoms with Crippen molar-refractivity contribution in [1.29, 1.82) is 0 Å². The molecule has 0 aliphatic carbocycles. The highest BCUT2D eigenvalue weighted by molar-refractivity contribution is 7.16. The summed E-state index contributed by atoms with van der Waals surface area (Å²) >= 11 is 1.33. The van der Waals surface area contributed by atoms with Gasteiger partial charge in [0.2, 0.25) is 0 Å². The Kier molecular flexibility index (Phi) is 4.48. The molecule has 0 atom stereocenters. The third-order valence-corrected chi connectivity index (χ3v) is 4.11. The minimum atomic E-state index is -4.49. The van der Waals surface area contributed by atoms with Gasteiger partial charge < -0.3 is 4.90 Å². The van der Waals surface area contributed by atoms with E-state index in [1.165, 1.54) is 23.6 Å². The monoisotopic (exact) mass is 351 g/mol. The number of halogens is 3. The number of pyridine rings is 1. The molecule has 3 rings (SSSR count). The highest BCUT2D eigenvalue weighted by Gasteiger charge is 2.33. The average molecular weight is 351 g/mol. The molecule has 124 valence electrons. The first-order valence-corrected chi connectivity index (χ1v) is 7.89. The van der Waals surface area contributed by atoms with Crippen LogP contribution in [-0.2, 0) is 6.54 Å². The van der Waals surface area contributed by atoms with Gasteiger partial charge in [0.15, 0.2) is 0 Å². The Balaban J connectivity index is 1.89. The molecule has 1 amide bonds. The van der Waals surface area contributed by atoms with E-state index >= 15 is 0 Å². The van der Waals surface area contributed by atoms with Crippen molar-refractivity contribution < 1.29 is 18.0 Å². The van der Waals surface area contributed by atoms with Gasteiger partial charge in [-0.25, -0.2) is 4.98 Å². The number of amides is 1. The molecule has 1 aromatic carbocycles. The lowest BCUT2D eigenvalue weighted by molar-refractivity contribution is -0.141. The zero-order valence-electron chi connectivity index (χ0n) is 12.3. The number of rotatable bonds is 4. The highest BCUT2D eigenvalue weighted by atomic mass is 32.1. The van der Waals surface area contributed by atoms with Crippen LogP contribution in [0, 0.1) is 0 Å². The molecule has 8 heteroatoms. The van der Waals surface area contributed by atoms with Crippen LogP contribution in [0.3, 0.4) is 0 Å². The van der Waals surface area contributed by atoms with Crippen LogP contribution in [0.15, 0.2) is 48.1 Å². The lowest BCUT2D eigenvalue weighted by Crippen LogP contribution is -2.38. The molecule has 0 aliphatic rings. The summed E-state index contributed by atoms with van der Waals surface area (Å²) in [5.41, 5.74) is 2.94. The molecule has 24 heavy (non-hydrogen) atoms. The Labute approximate surface area is 139 Å². The molecule has 2 aromatic heterocycles. The summed E-state index contributed by atoms with van der Waals surface area (Å²) in [5.74, 6) is -0.687. The Morgan fingerprint density at radius 2 is 2.00 bits per heavy atom. The quantitative estimate of drug-likeness (QED) is 0.716. The van der Waals surface area contributed by atoms with Gasteiger partial charge in [-0.1, -0.05) is 6.07 Å². The molecule has 0 bridgehead atoms. The van der Waals surface area contributed by atoms with Crippen molar-refractivity contribution in [2.45, 2.75) is 12.7 Å². The summed E-state index contributed by atoms with van der Waals surface area (Å²) < 4.78 is 39.4. The van der Waals surface area contributed by atoms with Crippen LogP contribution < -0.4 is 0 Å². The van der Waals surface area contributed by atoms with Crippen molar-refractivity contribution in [2.24, 2.45) is 0 Å². The molecule has 4 nitrogen and oxygen atoms in total. The molecule has 0 saturated carbocycles.